The Balaban J connectivity index is 2.08. The van der Waals surface area contributed by atoms with Gasteiger partial charge in [0, 0.05) is 30.9 Å². The van der Waals surface area contributed by atoms with Gasteiger partial charge in [0.05, 0.1) is 0 Å². The van der Waals surface area contributed by atoms with E-state index in [9.17, 15) is 4.79 Å². The van der Waals surface area contributed by atoms with Gasteiger partial charge in [0.15, 0.2) is 0 Å². The molecule has 0 aliphatic heterocycles. The first-order valence-electron chi connectivity index (χ1n) is 14.0. The van der Waals surface area contributed by atoms with Gasteiger partial charge in [0.2, 0.25) is 5.91 Å². The normalized spacial score (nSPS) is 11.2. The first-order valence-corrected chi connectivity index (χ1v) is 14.0. The molecule has 1 aromatic carbocycles. The molecule has 0 heterocycles. The van der Waals surface area contributed by atoms with Crippen molar-refractivity contribution < 1.29 is 4.79 Å². The number of carbonyl (C=O) groups excluding carboxylic acids is 1. The number of anilines is 2. The highest BCUT2D eigenvalue weighted by Gasteiger charge is 2.07. The number of amides is 1. The van der Waals surface area contributed by atoms with Gasteiger partial charge in [-0.1, -0.05) is 90.4 Å². The second kappa shape index (κ2) is 20.8. The zero-order chi connectivity index (χ0) is 24.0. The minimum Gasteiger partial charge on any atom is -0.371 e. The average molecular weight is 457 g/mol. The Bertz CT molecular complexity index is 619. The van der Waals surface area contributed by atoms with Crippen molar-refractivity contribution >= 4 is 17.3 Å². The first kappa shape index (κ1) is 29.3. The van der Waals surface area contributed by atoms with E-state index >= 15 is 0 Å². The number of hydrogen-bond acceptors (Lipinski definition) is 2. The van der Waals surface area contributed by atoms with Gasteiger partial charge in [-0.25, -0.2) is 0 Å². The maximum atomic E-state index is 12.3. The van der Waals surface area contributed by atoms with E-state index in [1.165, 1.54) is 76.3 Å². The first-order chi connectivity index (χ1) is 16.2. The molecule has 0 bridgehead atoms. The molecular weight excluding hydrogens is 404 g/mol. The lowest BCUT2D eigenvalue weighted by atomic mass is 10.1. The van der Waals surface area contributed by atoms with Crippen LogP contribution in [0.2, 0.25) is 0 Å². The van der Waals surface area contributed by atoms with Crippen LogP contribution in [-0.2, 0) is 4.79 Å². The zero-order valence-corrected chi connectivity index (χ0v) is 22.0. The van der Waals surface area contributed by atoms with Crippen LogP contribution in [0.4, 0.5) is 11.4 Å². The molecule has 1 rings (SSSR count). The van der Waals surface area contributed by atoms with Crippen LogP contribution >= 0.6 is 0 Å². The summed E-state index contributed by atoms with van der Waals surface area (Å²) in [6.07, 6.45) is 24.3. The Morgan fingerprint density at radius 3 is 1.94 bits per heavy atom. The topological polar surface area (TPSA) is 32.3 Å². The smallest absolute Gasteiger partial charge is 0.224 e. The fourth-order valence-corrected chi connectivity index (χ4v) is 4.27. The molecule has 3 heteroatoms. The molecule has 0 saturated heterocycles. The van der Waals surface area contributed by atoms with Crippen molar-refractivity contribution in [2.75, 3.05) is 23.3 Å². The predicted molar refractivity (Wildman–Crippen MR) is 147 cm³/mol. The van der Waals surface area contributed by atoms with Gasteiger partial charge in [-0.15, -0.1) is 0 Å². The number of allylic oxidation sites excluding steroid dienone is 2. The molecule has 0 spiro atoms. The van der Waals surface area contributed by atoms with Crippen LogP contribution in [0.25, 0.3) is 0 Å². The highest BCUT2D eigenvalue weighted by Crippen LogP contribution is 2.20. The number of benzene rings is 1. The second-order valence-corrected chi connectivity index (χ2v) is 9.42. The molecule has 33 heavy (non-hydrogen) atoms. The van der Waals surface area contributed by atoms with Gasteiger partial charge >= 0.3 is 0 Å². The maximum absolute atomic E-state index is 12.3. The van der Waals surface area contributed by atoms with Gasteiger partial charge in [-0.3, -0.25) is 4.79 Å². The van der Waals surface area contributed by atoms with Crippen LogP contribution in [0.1, 0.15) is 124 Å². The summed E-state index contributed by atoms with van der Waals surface area (Å²) in [6.45, 7) is 8.81. The van der Waals surface area contributed by atoms with Gasteiger partial charge in [0.25, 0.3) is 0 Å². The van der Waals surface area contributed by atoms with E-state index in [0.29, 0.717) is 6.42 Å². The fourth-order valence-electron chi connectivity index (χ4n) is 4.27. The Hall–Kier alpha value is -1.77. The summed E-state index contributed by atoms with van der Waals surface area (Å²) in [7, 11) is 0. The molecule has 3 nitrogen and oxygen atoms in total. The molecule has 0 atom stereocenters. The zero-order valence-electron chi connectivity index (χ0n) is 22.0. The molecule has 1 N–H and O–H groups in total. The lowest BCUT2D eigenvalue weighted by Crippen LogP contribution is -2.25. The third-order valence-electron chi connectivity index (χ3n) is 6.15. The van der Waals surface area contributed by atoms with Crippen molar-refractivity contribution in [2.24, 2.45) is 0 Å². The van der Waals surface area contributed by atoms with Crippen LogP contribution in [-0.4, -0.2) is 19.0 Å². The summed E-state index contributed by atoms with van der Waals surface area (Å²) < 4.78 is 0. The van der Waals surface area contributed by atoms with Crippen LogP contribution in [0.5, 0.6) is 0 Å². The lowest BCUT2D eigenvalue weighted by Gasteiger charge is -2.24. The molecule has 1 aromatic rings. The van der Waals surface area contributed by atoms with E-state index in [1.54, 1.807) is 0 Å². The molecule has 0 aliphatic carbocycles. The van der Waals surface area contributed by atoms with Crippen molar-refractivity contribution in [3.05, 3.63) is 36.4 Å². The highest BCUT2D eigenvalue weighted by molar-refractivity contribution is 5.91. The van der Waals surface area contributed by atoms with Crippen LogP contribution in [0, 0.1) is 0 Å². The summed E-state index contributed by atoms with van der Waals surface area (Å²) >= 11 is 0. The molecule has 0 aliphatic rings. The lowest BCUT2D eigenvalue weighted by molar-refractivity contribution is -0.116. The number of nitrogens with one attached hydrogen (secondary N) is 1. The molecule has 0 radical (unpaired) electrons. The van der Waals surface area contributed by atoms with E-state index in [1.807, 2.05) is 12.1 Å². The summed E-state index contributed by atoms with van der Waals surface area (Å²) in [5.74, 6) is 0.141. The Morgan fingerprint density at radius 1 is 0.758 bits per heavy atom. The largest absolute Gasteiger partial charge is 0.371 e. The van der Waals surface area contributed by atoms with Crippen LogP contribution < -0.4 is 10.2 Å². The molecule has 0 saturated carbocycles. The van der Waals surface area contributed by atoms with E-state index in [0.717, 1.165) is 44.5 Å². The minimum atomic E-state index is 0.141. The Kier molecular flexibility index (Phi) is 18.5. The predicted octanol–water partition coefficient (Wildman–Crippen LogP) is 9.29. The van der Waals surface area contributed by atoms with Gasteiger partial charge in [-0.05, 0) is 63.1 Å². The van der Waals surface area contributed by atoms with E-state index in [4.69, 9.17) is 0 Å². The van der Waals surface area contributed by atoms with Gasteiger partial charge in [0.1, 0.15) is 0 Å². The number of rotatable bonds is 21. The molecule has 188 valence electrons. The number of nitrogens with zero attached hydrogens (tertiary/aromatic N) is 1. The van der Waals surface area contributed by atoms with Crippen molar-refractivity contribution in [3.63, 3.8) is 0 Å². The van der Waals surface area contributed by atoms with Gasteiger partial charge in [-0.2, -0.15) is 0 Å². The minimum absolute atomic E-state index is 0.141. The summed E-state index contributed by atoms with van der Waals surface area (Å²) in [6, 6.07) is 8.30. The molecule has 1 amide bonds. The van der Waals surface area contributed by atoms with E-state index in [2.05, 4.69) is 55.3 Å². The number of carbonyl (C=O) groups is 1. The second-order valence-electron chi connectivity index (χ2n) is 9.42. The average Bonchev–Trinajstić information content (AvgIpc) is 2.81. The maximum Gasteiger partial charge on any atom is 0.224 e. The monoisotopic (exact) mass is 456 g/mol. The standard InChI is InChI=1S/C30H52N2O/c1-4-7-8-9-10-11-12-13-14-15-16-17-18-19-20-24-30(33)31-28-22-21-23-29(27-28)32(25-5-2)26-6-3/h13-14,21-23,27H,4-12,15-20,24-26H2,1-3H3,(H,31,33). The van der Waals surface area contributed by atoms with Gasteiger partial charge < -0.3 is 10.2 Å². The highest BCUT2D eigenvalue weighted by atomic mass is 16.1. The number of hydrogen-bond donors (Lipinski definition) is 1. The molecule has 0 aromatic heterocycles. The van der Waals surface area contributed by atoms with Crippen LogP contribution in [0.15, 0.2) is 36.4 Å². The quantitative estimate of drug-likeness (QED) is 0.148. The Morgan fingerprint density at radius 2 is 1.33 bits per heavy atom. The molecule has 0 fully saturated rings. The molecule has 0 unspecified atom stereocenters. The Labute approximate surface area is 205 Å². The van der Waals surface area contributed by atoms with Crippen LogP contribution in [0.3, 0.4) is 0 Å². The van der Waals surface area contributed by atoms with E-state index in [-0.39, 0.29) is 5.91 Å². The third-order valence-corrected chi connectivity index (χ3v) is 6.15. The van der Waals surface area contributed by atoms with Crippen molar-refractivity contribution in [3.8, 4) is 0 Å². The SMILES string of the molecule is CCCCCCCCC=CCCCCCCCC(=O)Nc1cccc(N(CCC)CCC)c1. The third kappa shape index (κ3) is 15.7. The van der Waals surface area contributed by atoms with Crippen molar-refractivity contribution in [1.29, 1.82) is 0 Å². The number of unbranched alkanes of at least 4 members (excludes halogenated alkanes) is 11. The summed E-state index contributed by atoms with van der Waals surface area (Å²) in [5.41, 5.74) is 2.12. The van der Waals surface area contributed by atoms with Crippen molar-refractivity contribution in [1.82, 2.24) is 0 Å². The molecular formula is C30H52N2O. The summed E-state index contributed by atoms with van der Waals surface area (Å²) in [4.78, 5) is 14.7. The fraction of sp³-hybridized carbons (Fsp3) is 0.700. The summed E-state index contributed by atoms with van der Waals surface area (Å²) in [5, 5.41) is 3.10. The van der Waals surface area contributed by atoms with E-state index < -0.39 is 0 Å². The van der Waals surface area contributed by atoms with Crippen molar-refractivity contribution in [2.45, 2.75) is 124 Å².